The molecule has 3 aromatic carbocycles. The monoisotopic (exact) mass is 461 g/mol. The Kier molecular flexibility index (Phi) is 5.55. The van der Waals surface area contributed by atoms with E-state index in [0.29, 0.717) is 11.6 Å². The average Bonchev–Trinajstić information content (AvgIpc) is 3.15. The van der Waals surface area contributed by atoms with E-state index in [1.165, 1.54) is 4.68 Å². The average molecular weight is 462 g/mol. The number of fused-ring (bicyclic) bond motifs is 2. The van der Waals surface area contributed by atoms with Crippen molar-refractivity contribution in [1.82, 2.24) is 9.78 Å². The van der Waals surface area contributed by atoms with Crippen LogP contribution in [0.15, 0.2) is 87.0 Å². The largest absolute Gasteiger partial charge is 0.484 e. The van der Waals surface area contributed by atoms with Gasteiger partial charge in [0.1, 0.15) is 12.3 Å². The van der Waals surface area contributed by atoms with Gasteiger partial charge in [0, 0.05) is 9.79 Å². The Hall–Kier alpha value is -3.36. The number of carbonyl (C=O) groups is 1. The lowest BCUT2D eigenvalue weighted by Gasteiger charge is -2.30. The van der Waals surface area contributed by atoms with E-state index < -0.39 is 0 Å². The molecule has 0 atom stereocenters. The highest BCUT2D eigenvalue weighted by Gasteiger charge is 2.28. The number of carbonyl (C=O) groups excluding carboxylic acids is 1. The number of amides is 1. The summed E-state index contributed by atoms with van der Waals surface area (Å²) in [5, 5.41) is 4.36. The Morgan fingerprint density at radius 2 is 1.62 bits per heavy atom. The van der Waals surface area contributed by atoms with Crippen LogP contribution < -0.4 is 9.64 Å². The molecule has 1 aliphatic rings. The van der Waals surface area contributed by atoms with Gasteiger partial charge in [0.2, 0.25) is 0 Å². The number of aromatic nitrogens is 2. The first-order valence-electron chi connectivity index (χ1n) is 10.0. The number of rotatable bonds is 5. The van der Waals surface area contributed by atoms with Gasteiger partial charge in [-0.05, 0) is 55.5 Å². The summed E-state index contributed by atoms with van der Waals surface area (Å²) >= 11 is 6.95. The van der Waals surface area contributed by atoms with E-state index >= 15 is 0 Å². The third-order valence-corrected chi connectivity index (χ3v) is 6.42. The number of ether oxygens (including phenoxy) is 1. The Labute approximate surface area is 194 Å². The minimum Gasteiger partial charge on any atom is -0.484 e. The molecule has 160 valence electrons. The van der Waals surface area contributed by atoms with Crippen LogP contribution in [0.2, 0.25) is 0 Å². The van der Waals surface area contributed by atoms with Gasteiger partial charge in [-0.3, -0.25) is 9.69 Å². The van der Waals surface area contributed by atoms with E-state index in [-0.39, 0.29) is 23.9 Å². The summed E-state index contributed by atoms with van der Waals surface area (Å²) in [4.78, 5) is 17.3. The molecule has 6 nitrogen and oxygen atoms in total. The van der Waals surface area contributed by atoms with Crippen molar-refractivity contribution in [3.63, 3.8) is 0 Å². The third kappa shape index (κ3) is 4.06. The number of anilines is 2. The van der Waals surface area contributed by atoms with Crippen molar-refractivity contribution in [2.75, 3.05) is 4.90 Å². The zero-order valence-corrected chi connectivity index (χ0v) is 18.9. The summed E-state index contributed by atoms with van der Waals surface area (Å²) in [6.45, 7) is 2.10. The molecule has 0 saturated carbocycles. The zero-order chi connectivity index (χ0) is 22.1. The third-order valence-electron chi connectivity index (χ3n) is 5.00. The maximum absolute atomic E-state index is 13.4. The molecule has 0 bridgehead atoms. The molecule has 0 N–H and O–H groups in total. The van der Waals surface area contributed by atoms with Crippen molar-refractivity contribution >= 4 is 41.3 Å². The van der Waals surface area contributed by atoms with Gasteiger partial charge in [0.15, 0.2) is 6.61 Å². The van der Waals surface area contributed by atoms with Crippen LogP contribution in [0.1, 0.15) is 11.5 Å². The molecule has 8 heteroatoms. The van der Waals surface area contributed by atoms with Crippen LogP contribution in [-0.4, -0.2) is 15.7 Å². The lowest BCUT2D eigenvalue weighted by atomic mass is 10.2. The molecular weight excluding hydrogens is 442 g/mol. The molecule has 1 amide bonds. The van der Waals surface area contributed by atoms with Crippen molar-refractivity contribution in [2.24, 2.45) is 0 Å². The minimum absolute atomic E-state index is 0.0415. The summed E-state index contributed by atoms with van der Waals surface area (Å²) in [6, 6.07) is 23.4. The van der Waals surface area contributed by atoms with Crippen LogP contribution in [0.4, 0.5) is 11.4 Å². The maximum Gasteiger partial charge on any atom is 0.287 e. The summed E-state index contributed by atoms with van der Waals surface area (Å²) in [6.07, 6.45) is 0. The maximum atomic E-state index is 13.4. The summed E-state index contributed by atoms with van der Waals surface area (Å²) in [5.41, 5.74) is 2.84. The van der Waals surface area contributed by atoms with Crippen molar-refractivity contribution in [3.05, 3.63) is 89.1 Å². The highest BCUT2D eigenvalue weighted by atomic mass is 32.2. The van der Waals surface area contributed by atoms with Gasteiger partial charge < -0.3 is 9.15 Å². The van der Waals surface area contributed by atoms with E-state index in [1.807, 2.05) is 79.7 Å². The fourth-order valence-electron chi connectivity index (χ4n) is 3.46. The number of hydrogen-bond acceptors (Lipinski definition) is 6. The molecule has 2 heterocycles. The zero-order valence-electron chi connectivity index (χ0n) is 17.2. The molecule has 0 unspecified atom stereocenters. The van der Waals surface area contributed by atoms with E-state index in [0.717, 1.165) is 26.7 Å². The van der Waals surface area contributed by atoms with Gasteiger partial charge in [0.05, 0.1) is 11.4 Å². The molecule has 32 heavy (non-hydrogen) atoms. The van der Waals surface area contributed by atoms with Gasteiger partial charge in [-0.25, -0.2) is 4.68 Å². The SMILES string of the molecule is Cc1ccc(OCc2nn(CC(=O)N3c4ccccc4Sc4ccccc43)c(=S)o2)cc1. The molecular formula is C24H19N3O3S2. The molecule has 0 spiro atoms. The minimum atomic E-state index is -0.152. The van der Waals surface area contributed by atoms with E-state index in [9.17, 15) is 4.79 Å². The topological polar surface area (TPSA) is 60.5 Å². The number of nitrogens with zero attached hydrogens (tertiary/aromatic N) is 3. The van der Waals surface area contributed by atoms with Gasteiger partial charge >= 0.3 is 0 Å². The van der Waals surface area contributed by atoms with Crippen LogP contribution in [0.5, 0.6) is 5.75 Å². The normalized spacial score (nSPS) is 12.2. The smallest absolute Gasteiger partial charge is 0.287 e. The molecule has 4 aromatic rings. The summed E-state index contributed by atoms with van der Waals surface area (Å²) in [7, 11) is 0. The van der Waals surface area contributed by atoms with E-state index in [4.69, 9.17) is 21.4 Å². The van der Waals surface area contributed by atoms with Crippen LogP contribution >= 0.6 is 24.0 Å². The molecule has 5 rings (SSSR count). The number of aryl methyl sites for hydroxylation is 1. The lowest BCUT2D eigenvalue weighted by Crippen LogP contribution is -2.32. The molecule has 0 fully saturated rings. The van der Waals surface area contributed by atoms with Gasteiger partial charge in [-0.15, -0.1) is 5.10 Å². The quantitative estimate of drug-likeness (QED) is 0.344. The fraction of sp³-hybridized carbons (Fsp3) is 0.125. The van der Waals surface area contributed by atoms with Crippen LogP contribution in [-0.2, 0) is 17.9 Å². The second-order valence-corrected chi connectivity index (χ2v) is 8.72. The number of hydrogen-bond donors (Lipinski definition) is 0. The second-order valence-electron chi connectivity index (χ2n) is 7.29. The summed E-state index contributed by atoms with van der Waals surface area (Å²) < 4.78 is 12.7. The molecule has 1 aliphatic heterocycles. The fourth-order valence-corrected chi connectivity index (χ4v) is 4.72. The Morgan fingerprint density at radius 1 is 1.00 bits per heavy atom. The molecule has 0 saturated heterocycles. The highest BCUT2D eigenvalue weighted by molar-refractivity contribution is 7.99. The number of benzene rings is 3. The predicted molar refractivity (Wildman–Crippen MR) is 125 cm³/mol. The standard InChI is InChI=1S/C24H19N3O3S2/c1-16-10-12-17(13-11-16)29-15-22-25-26(24(31)30-22)14-23(28)27-18-6-2-4-8-20(18)32-21-9-5-3-7-19(21)27/h2-13H,14-15H2,1H3. The van der Waals surface area contributed by atoms with Crippen molar-refractivity contribution < 1.29 is 13.9 Å². The Bertz CT molecular complexity index is 1300. The van der Waals surface area contributed by atoms with Crippen molar-refractivity contribution in [2.45, 2.75) is 29.9 Å². The lowest BCUT2D eigenvalue weighted by molar-refractivity contribution is -0.118. The molecule has 1 aromatic heterocycles. The first kappa shape index (κ1) is 20.5. The summed E-state index contributed by atoms with van der Waals surface area (Å²) in [5.74, 6) is 0.875. The number of para-hydroxylation sites is 2. The van der Waals surface area contributed by atoms with Gasteiger partial charge in [-0.2, -0.15) is 0 Å². The van der Waals surface area contributed by atoms with Crippen LogP contribution in [0.25, 0.3) is 0 Å². The van der Waals surface area contributed by atoms with Crippen LogP contribution in [0.3, 0.4) is 0 Å². The highest BCUT2D eigenvalue weighted by Crippen LogP contribution is 2.47. The van der Waals surface area contributed by atoms with Crippen molar-refractivity contribution in [3.8, 4) is 5.75 Å². The van der Waals surface area contributed by atoms with E-state index in [2.05, 4.69) is 5.10 Å². The predicted octanol–water partition coefficient (Wildman–Crippen LogP) is 5.92. The van der Waals surface area contributed by atoms with E-state index in [1.54, 1.807) is 16.7 Å². The molecule has 0 aliphatic carbocycles. The van der Waals surface area contributed by atoms with Gasteiger partial charge in [-0.1, -0.05) is 53.7 Å². The Morgan fingerprint density at radius 3 is 2.28 bits per heavy atom. The second kappa shape index (κ2) is 8.64. The van der Waals surface area contributed by atoms with Gasteiger partial charge in [0.25, 0.3) is 16.6 Å². The Balaban J connectivity index is 1.37. The molecule has 0 radical (unpaired) electrons. The van der Waals surface area contributed by atoms with Crippen LogP contribution in [0, 0.1) is 11.8 Å². The van der Waals surface area contributed by atoms with Crippen molar-refractivity contribution in [1.29, 1.82) is 0 Å². The first-order valence-corrected chi connectivity index (χ1v) is 11.3. The first-order chi connectivity index (χ1) is 15.6.